The minimum Gasteiger partial charge on any atom is -0.352 e. The molecule has 2 amide bonds. The lowest BCUT2D eigenvalue weighted by atomic mass is 10.1. The van der Waals surface area contributed by atoms with Gasteiger partial charge >= 0.3 is 0 Å². The molecule has 0 aromatic heterocycles. The van der Waals surface area contributed by atoms with Crippen LogP contribution in [0.15, 0.2) is 48.5 Å². The average Bonchev–Trinajstić information content (AvgIpc) is 2.69. The number of carbonyl (C=O) groups excluding carboxylic acids is 2. The number of para-hydroxylation sites is 1. The van der Waals surface area contributed by atoms with Crippen molar-refractivity contribution in [2.24, 2.45) is 5.92 Å². The summed E-state index contributed by atoms with van der Waals surface area (Å²) in [6.07, 6.45) is 1.34. The Morgan fingerprint density at radius 1 is 1.06 bits per heavy atom. The molecule has 1 atom stereocenters. The molecule has 2 aromatic rings. The third-order valence-corrected chi connectivity index (χ3v) is 5.87. The molecule has 0 saturated carbocycles. The Morgan fingerprint density at radius 2 is 1.74 bits per heavy atom. The third-order valence-electron chi connectivity index (χ3n) is 4.69. The number of anilines is 2. The van der Waals surface area contributed by atoms with E-state index >= 15 is 0 Å². The highest BCUT2D eigenvalue weighted by Crippen LogP contribution is 2.25. The van der Waals surface area contributed by atoms with Crippen LogP contribution in [0, 0.1) is 12.8 Å². The zero-order valence-electron chi connectivity index (χ0n) is 18.7. The lowest BCUT2D eigenvalue weighted by Gasteiger charge is -2.30. The van der Waals surface area contributed by atoms with Gasteiger partial charge in [0.05, 0.1) is 23.2 Å². The number of aryl methyl sites for hydroxylation is 1. The monoisotopic (exact) mass is 445 g/mol. The van der Waals surface area contributed by atoms with E-state index in [0.29, 0.717) is 23.5 Å². The van der Waals surface area contributed by atoms with Gasteiger partial charge in [-0.25, -0.2) is 8.42 Å². The summed E-state index contributed by atoms with van der Waals surface area (Å²) in [6, 6.07) is 12.7. The maximum Gasteiger partial charge on any atom is 0.253 e. The van der Waals surface area contributed by atoms with Crippen molar-refractivity contribution in [2.75, 3.05) is 22.4 Å². The van der Waals surface area contributed by atoms with Crippen molar-refractivity contribution in [3.8, 4) is 0 Å². The molecule has 8 heteroatoms. The van der Waals surface area contributed by atoms with Crippen molar-refractivity contribution < 1.29 is 18.0 Å². The molecule has 0 radical (unpaired) electrons. The molecule has 31 heavy (non-hydrogen) atoms. The van der Waals surface area contributed by atoms with Crippen LogP contribution in [-0.4, -0.2) is 39.1 Å². The van der Waals surface area contributed by atoms with Crippen molar-refractivity contribution in [2.45, 2.75) is 40.2 Å². The molecule has 0 bridgehead atoms. The molecule has 7 nitrogen and oxygen atoms in total. The molecule has 0 saturated heterocycles. The first-order chi connectivity index (χ1) is 14.5. The lowest BCUT2D eigenvalue weighted by Crippen LogP contribution is -2.47. The lowest BCUT2D eigenvalue weighted by molar-refractivity contribution is -0.117. The minimum atomic E-state index is -3.73. The van der Waals surface area contributed by atoms with Gasteiger partial charge in [0.25, 0.3) is 5.91 Å². The van der Waals surface area contributed by atoms with Crippen LogP contribution in [0.5, 0.6) is 0 Å². The Kier molecular flexibility index (Phi) is 8.21. The van der Waals surface area contributed by atoms with Crippen LogP contribution >= 0.6 is 0 Å². The molecule has 0 aliphatic rings. The number of carbonyl (C=O) groups is 2. The number of nitrogens with zero attached hydrogens (tertiary/aromatic N) is 1. The molecule has 2 rings (SSSR count). The summed E-state index contributed by atoms with van der Waals surface area (Å²) in [4.78, 5) is 25.8. The van der Waals surface area contributed by atoms with Gasteiger partial charge in [0.2, 0.25) is 15.9 Å². The number of sulfonamides is 1. The molecule has 0 spiro atoms. The van der Waals surface area contributed by atoms with Crippen molar-refractivity contribution in [3.05, 3.63) is 59.7 Å². The van der Waals surface area contributed by atoms with Gasteiger partial charge in [-0.1, -0.05) is 45.0 Å². The molecule has 0 heterocycles. The second-order valence-corrected chi connectivity index (χ2v) is 9.82. The Hall–Kier alpha value is -2.87. The highest BCUT2D eigenvalue weighted by Gasteiger charge is 2.32. The fourth-order valence-corrected chi connectivity index (χ4v) is 4.43. The predicted molar refractivity (Wildman–Crippen MR) is 125 cm³/mol. The maximum absolute atomic E-state index is 13.2. The molecule has 2 N–H and O–H groups in total. The van der Waals surface area contributed by atoms with Gasteiger partial charge in [-0.15, -0.1) is 0 Å². The Balaban J connectivity index is 2.35. The Morgan fingerprint density at radius 3 is 2.32 bits per heavy atom. The molecule has 0 aliphatic carbocycles. The van der Waals surface area contributed by atoms with Gasteiger partial charge in [0.1, 0.15) is 6.04 Å². The van der Waals surface area contributed by atoms with Crippen LogP contribution in [0.3, 0.4) is 0 Å². The molecular formula is C23H31N3O4S. The first-order valence-corrected chi connectivity index (χ1v) is 12.1. The highest BCUT2D eigenvalue weighted by atomic mass is 32.2. The summed E-state index contributed by atoms with van der Waals surface area (Å²) in [6.45, 7) is 8.10. The summed E-state index contributed by atoms with van der Waals surface area (Å²) >= 11 is 0. The number of benzene rings is 2. The van der Waals surface area contributed by atoms with Crippen molar-refractivity contribution in [1.29, 1.82) is 0 Å². The van der Waals surface area contributed by atoms with E-state index in [1.807, 2.05) is 26.8 Å². The van der Waals surface area contributed by atoms with E-state index < -0.39 is 22.0 Å². The molecule has 168 valence electrons. The van der Waals surface area contributed by atoms with E-state index in [9.17, 15) is 18.0 Å². The second-order valence-electron chi connectivity index (χ2n) is 7.96. The van der Waals surface area contributed by atoms with Crippen molar-refractivity contribution in [3.63, 3.8) is 0 Å². The van der Waals surface area contributed by atoms with Crippen molar-refractivity contribution in [1.82, 2.24) is 5.32 Å². The van der Waals surface area contributed by atoms with Gasteiger partial charge in [0.15, 0.2) is 0 Å². The van der Waals surface area contributed by atoms with Gasteiger partial charge < -0.3 is 10.6 Å². The summed E-state index contributed by atoms with van der Waals surface area (Å²) in [5.41, 5.74) is 1.97. The maximum atomic E-state index is 13.2. The SMILES string of the molecule is CC[C@H](C(=O)Nc1ccccc1C(=O)NCC(C)C)N(c1cccc(C)c1)S(C)(=O)=O. The van der Waals surface area contributed by atoms with Gasteiger partial charge in [-0.3, -0.25) is 13.9 Å². The summed E-state index contributed by atoms with van der Waals surface area (Å²) in [7, 11) is -3.73. The summed E-state index contributed by atoms with van der Waals surface area (Å²) in [5.74, 6) is -0.511. The summed E-state index contributed by atoms with van der Waals surface area (Å²) in [5, 5.41) is 5.60. The normalized spacial score (nSPS) is 12.3. The van der Waals surface area contributed by atoms with Crippen LogP contribution in [-0.2, 0) is 14.8 Å². The van der Waals surface area contributed by atoms with E-state index in [1.54, 1.807) is 49.4 Å². The van der Waals surface area contributed by atoms with E-state index in [4.69, 9.17) is 0 Å². The van der Waals surface area contributed by atoms with E-state index in [0.717, 1.165) is 16.1 Å². The number of rotatable bonds is 9. The largest absolute Gasteiger partial charge is 0.352 e. The fraction of sp³-hybridized carbons (Fsp3) is 0.391. The molecular weight excluding hydrogens is 414 g/mol. The fourth-order valence-electron chi connectivity index (χ4n) is 3.22. The quantitative estimate of drug-likeness (QED) is 0.617. The van der Waals surface area contributed by atoms with Crippen LogP contribution in [0.2, 0.25) is 0 Å². The van der Waals surface area contributed by atoms with Crippen LogP contribution < -0.4 is 14.9 Å². The third kappa shape index (κ3) is 6.55. The first kappa shape index (κ1) is 24.4. The standard InChI is InChI=1S/C23H31N3O4S/c1-6-21(26(31(5,29)30)18-11-9-10-17(4)14-18)23(28)25-20-13-8-7-12-19(20)22(27)24-15-16(2)3/h7-14,16,21H,6,15H2,1-5H3,(H,24,27)(H,25,28)/t21-/m1/s1. The molecule has 2 aromatic carbocycles. The minimum absolute atomic E-state index is 0.258. The first-order valence-electron chi connectivity index (χ1n) is 10.3. The number of hydrogen-bond acceptors (Lipinski definition) is 4. The zero-order valence-corrected chi connectivity index (χ0v) is 19.5. The zero-order chi connectivity index (χ0) is 23.2. The Bertz CT molecular complexity index is 1030. The second kappa shape index (κ2) is 10.4. The smallest absolute Gasteiger partial charge is 0.253 e. The number of nitrogens with one attached hydrogen (secondary N) is 2. The van der Waals surface area contributed by atoms with Crippen molar-refractivity contribution >= 4 is 33.2 Å². The van der Waals surface area contributed by atoms with E-state index in [-0.39, 0.29) is 18.2 Å². The van der Waals surface area contributed by atoms with Gasteiger partial charge in [0, 0.05) is 6.54 Å². The van der Waals surface area contributed by atoms with Gasteiger partial charge in [-0.2, -0.15) is 0 Å². The molecule has 0 fully saturated rings. The molecule has 0 aliphatic heterocycles. The predicted octanol–water partition coefficient (Wildman–Crippen LogP) is 3.56. The van der Waals surface area contributed by atoms with E-state index in [1.165, 1.54) is 0 Å². The summed E-state index contributed by atoms with van der Waals surface area (Å²) < 4.78 is 26.3. The van der Waals surface area contributed by atoms with Crippen LogP contribution in [0.4, 0.5) is 11.4 Å². The topological polar surface area (TPSA) is 95.6 Å². The molecule has 0 unspecified atom stereocenters. The number of hydrogen-bond donors (Lipinski definition) is 2. The van der Waals surface area contributed by atoms with E-state index in [2.05, 4.69) is 10.6 Å². The van der Waals surface area contributed by atoms with Gasteiger partial charge in [-0.05, 0) is 49.1 Å². The average molecular weight is 446 g/mol. The van der Waals surface area contributed by atoms with Crippen LogP contribution in [0.1, 0.15) is 43.1 Å². The number of amides is 2. The van der Waals surface area contributed by atoms with Crippen LogP contribution in [0.25, 0.3) is 0 Å². The Labute approximate surface area is 184 Å². The highest BCUT2D eigenvalue weighted by molar-refractivity contribution is 7.92.